The van der Waals surface area contributed by atoms with Crippen molar-refractivity contribution in [1.29, 1.82) is 0 Å². The van der Waals surface area contributed by atoms with Crippen LogP contribution in [0.3, 0.4) is 0 Å². The molecule has 0 amide bonds. The van der Waals surface area contributed by atoms with Crippen LogP contribution >= 0.6 is 37.2 Å². The van der Waals surface area contributed by atoms with Gasteiger partial charge in [-0.15, -0.1) is 37.2 Å². The minimum absolute atomic E-state index is 0. The molecule has 0 bridgehead atoms. The fourth-order valence-electron chi connectivity index (χ4n) is 10.1. The third-order valence-electron chi connectivity index (χ3n) is 13.3. The topological polar surface area (TPSA) is 0 Å². The molecule has 0 fully saturated rings. The maximum absolute atomic E-state index is 3.46. The molecule has 10 aromatic carbocycles. The van der Waals surface area contributed by atoms with Gasteiger partial charge in [-0.3, -0.25) is 0 Å². The summed E-state index contributed by atoms with van der Waals surface area (Å²) in [6.45, 7) is 0. The fraction of sp³-hybridized carbons (Fsp3) is 0.0154. The van der Waals surface area contributed by atoms with Gasteiger partial charge in [0, 0.05) is 0 Å². The monoisotopic (exact) mass is 1010 g/mol. The molecule has 11 rings (SSSR count). The molecular formula is C65H50Cl3SiTi. The van der Waals surface area contributed by atoms with E-state index in [0.29, 0.717) is 0 Å². The molecule has 0 saturated heterocycles. The summed E-state index contributed by atoms with van der Waals surface area (Å²) in [7, 11) is -3.46. The summed E-state index contributed by atoms with van der Waals surface area (Å²) in [5, 5.41) is 5.45. The van der Waals surface area contributed by atoms with Gasteiger partial charge in [0.2, 0.25) is 0 Å². The third-order valence-corrected chi connectivity index (χ3v) is 18.7. The molecule has 0 radical (unpaired) electrons. The van der Waals surface area contributed by atoms with Gasteiger partial charge in [-0.2, -0.15) is 0 Å². The van der Waals surface area contributed by atoms with E-state index in [2.05, 4.69) is 293 Å². The van der Waals surface area contributed by atoms with Gasteiger partial charge in [-0.1, -0.05) is 0 Å². The zero-order valence-corrected chi connectivity index (χ0v) is 43.4. The Labute approximate surface area is 444 Å². The first-order valence-corrected chi connectivity index (χ1v) is 25.9. The summed E-state index contributed by atoms with van der Waals surface area (Å²) >= 11 is 2.35. The molecule has 0 saturated carbocycles. The SMILES string of the molecule is Cl.Cl.Cl.[Ti][C]1=C(c2ccccc2)C([Si](c2cc(-c3ccccc3)cc(-c3ccccc3)c2)(c2cc(-c3ccccc3)cc(-c3ccccc3)c2)c2cc(-c3ccccc3)cc(-c3ccccc3)c2)=CC1. The van der Waals surface area contributed by atoms with Crippen LogP contribution in [0.1, 0.15) is 12.0 Å². The van der Waals surface area contributed by atoms with Crippen molar-refractivity contribution < 1.29 is 20.4 Å². The van der Waals surface area contributed by atoms with Crippen LogP contribution in [-0.2, 0) is 20.4 Å². The summed E-state index contributed by atoms with van der Waals surface area (Å²) in [5.41, 5.74) is 17.1. The molecule has 1 aliphatic carbocycles. The van der Waals surface area contributed by atoms with Crippen molar-refractivity contribution in [2.75, 3.05) is 0 Å². The van der Waals surface area contributed by atoms with E-state index in [1.165, 1.54) is 103 Å². The quantitative estimate of drug-likeness (QED) is 0.0895. The van der Waals surface area contributed by atoms with Gasteiger partial charge < -0.3 is 0 Å². The average molecular weight is 1010 g/mol. The van der Waals surface area contributed by atoms with E-state index in [-0.39, 0.29) is 37.2 Å². The molecule has 0 aliphatic heterocycles. The molecule has 0 aromatic heterocycles. The van der Waals surface area contributed by atoms with Crippen LogP contribution in [-0.4, -0.2) is 8.07 Å². The van der Waals surface area contributed by atoms with E-state index >= 15 is 0 Å². The molecule has 0 heterocycles. The second-order valence-electron chi connectivity index (χ2n) is 17.4. The first kappa shape index (κ1) is 49.9. The maximum atomic E-state index is 2.61. The molecule has 0 atom stereocenters. The molecule has 0 unspecified atom stereocenters. The van der Waals surface area contributed by atoms with Gasteiger partial charge in [-0.05, 0) is 0 Å². The van der Waals surface area contributed by atoms with Gasteiger partial charge in [0.15, 0.2) is 0 Å². The van der Waals surface area contributed by atoms with Gasteiger partial charge in [0.05, 0.1) is 0 Å². The van der Waals surface area contributed by atoms with E-state index < -0.39 is 8.07 Å². The number of allylic oxidation sites excluding steroid dienone is 4. The molecule has 1 aliphatic rings. The number of rotatable bonds is 11. The summed E-state index contributed by atoms with van der Waals surface area (Å²) < 4.78 is 1.39. The Kier molecular flexibility index (Phi) is 16.0. The zero-order valence-electron chi connectivity index (χ0n) is 38.4. The second-order valence-corrected chi connectivity index (χ2v) is 22.1. The van der Waals surface area contributed by atoms with E-state index in [1.54, 1.807) is 0 Å². The molecule has 70 heavy (non-hydrogen) atoms. The van der Waals surface area contributed by atoms with Crippen molar-refractivity contribution in [3.8, 4) is 66.8 Å². The number of hydrogen-bond acceptors (Lipinski definition) is 0. The number of halogens is 3. The van der Waals surface area contributed by atoms with Crippen molar-refractivity contribution >= 4 is 66.4 Å². The summed E-state index contributed by atoms with van der Waals surface area (Å²) in [6, 6.07) is 99.6. The van der Waals surface area contributed by atoms with Crippen LogP contribution in [0.2, 0.25) is 0 Å². The average Bonchev–Trinajstić information content (AvgIpc) is 3.81. The van der Waals surface area contributed by atoms with Crippen molar-refractivity contribution in [3.63, 3.8) is 0 Å². The standard InChI is InChI=1S/C65H47Si.3ClH.Ti/c1-8-23-48(24-9-1)55-39-56(49-25-10-2-11-26-49)43-61(42-55)66(65-38-22-37-64(65)54-35-20-7-21-36-54,62-44-57(50-27-12-3-13-28-50)40-58(45-62)51-29-14-4-15-30-51)63-46-59(52-31-16-5-17-32-52)41-60(47-63)53-33-18-6-19-34-53;;;;/h1-21,23-36,38-47H,22H2;3*1H;. The van der Waals surface area contributed by atoms with Crippen LogP contribution < -0.4 is 15.6 Å². The second kappa shape index (κ2) is 22.5. The summed E-state index contributed by atoms with van der Waals surface area (Å²) in [6.07, 6.45) is 3.49. The molecule has 0 nitrogen and oxygen atoms in total. The summed E-state index contributed by atoms with van der Waals surface area (Å²) in [4.78, 5) is 0. The first-order chi connectivity index (χ1) is 33.1. The van der Waals surface area contributed by atoms with Gasteiger partial charge in [0.1, 0.15) is 0 Å². The Morgan fingerprint density at radius 2 is 0.471 bits per heavy atom. The minimum atomic E-state index is -3.46. The van der Waals surface area contributed by atoms with E-state index in [0.717, 1.165) is 6.42 Å². The van der Waals surface area contributed by atoms with Crippen LogP contribution in [0.5, 0.6) is 0 Å². The van der Waals surface area contributed by atoms with Crippen LogP contribution in [0.4, 0.5) is 0 Å². The van der Waals surface area contributed by atoms with Gasteiger partial charge >= 0.3 is 410 Å². The predicted molar refractivity (Wildman–Crippen MR) is 304 cm³/mol. The Hall–Kier alpha value is -6.52. The predicted octanol–water partition coefficient (Wildman–Crippen LogP) is 16.3. The van der Waals surface area contributed by atoms with Crippen LogP contribution in [0.15, 0.2) is 282 Å². The molecule has 0 N–H and O–H groups in total. The molecule has 5 heteroatoms. The van der Waals surface area contributed by atoms with E-state index in [4.69, 9.17) is 0 Å². The van der Waals surface area contributed by atoms with Gasteiger partial charge in [-0.25, -0.2) is 0 Å². The Morgan fingerprint density at radius 3 is 0.700 bits per heavy atom. The van der Waals surface area contributed by atoms with Gasteiger partial charge in [0.25, 0.3) is 0 Å². The van der Waals surface area contributed by atoms with Crippen LogP contribution in [0, 0.1) is 0 Å². The van der Waals surface area contributed by atoms with Crippen molar-refractivity contribution in [2.45, 2.75) is 6.42 Å². The first-order valence-electron chi connectivity index (χ1n) is 23.1. The zero-order chi connectivity index (χ0) is 45.0. The Bertz CT molecular complexity index is 2920. The normalized spacial score (nSPS) is 12.0. The van der Waals surface area contributed by atoms with Crippen molar-refractivity contribution in [1.82, 2.24) is 0 Å². The van der Waals surface area contributed by atoms with Crippen molar-refractivity contribution in [2.24, 2.45) is 0 Å². The van der Waals surface area contributed by atoms with Crippen LogP contribution in [0.25, 0.3) is 72.3 Å². The van der Waals surface area contributed by atoms with E-state index in [1.807, 2.05) is 0 Å². The molecule has 10 aromatic rings. The molecule has 0 spiro atoms. The number of hydrogen-bond donors (Lipinski definition) is 0. The Morgan fingerprint density at radius 1 is 0.257 bits per heavy atom. The molecular weight excluding hydrogens is 963 g/mol. The fourth-order valence-corrected chi connectivity index (χ4v) is 16.2. The Balaban J connectivity index is 0.00000220. The van der Waals surface area contributed by atoms with E-state index in [9.17, 15) is 0 Å². The molecule has 339 valence electrons. The third kappa shape index (κ3) is 9.93. The summed E-state index contributed by atoms with van der Waals surface area (Å²) in [5.74, 6) is 0. The van der Waals surface area contributed by atoms with Crippen molar-refractivity contribution in [3.05, 3.63) is 288 Å². The number of benzene rings is 10.